The van der Waals surface area contributed by atoms with Crippen molar-refractivity contribution in [3.8, 4) is 0 Å². The minimum atomic E-state index is -1.15. The number of hydrogen-bond donors (Lipinski definition) is 3. The van der Waals surface area contributed by atoms with Crippen molar-refractivity contribution in [1.29, 1.82) is 0 Å². The maximum atomic E-state index is 10.7. The number of rotatable bonds is 1. The highest BCUT2D eigenvalue weighted by Crippen LogP contribution is 2.13. The molecule has 66 valence electrons. The molecule has 0 fully saturated rings. The number of nitrogens with one attached hydrogen (secondary N) is 1. The summed E-state index contributed by atoms with van der Waals surface area (Å²) in [5.74, 6) is -1.24. The second-order valence-corrected chi connectivity index (χ2v) is 2.37. The number of nitrogens with two attached hydrogens (primary N) is 1. The summed E-state index contributed by atoms with van der Waals surface area (Å²) in [5, 5.41) is 15.2. The Labute approximate surface area is 71.6 Å². The van der Waals surface area contributed by atoms with E-state index in [0.29, 0.717) is 11.0 Å². The Hall–Kier alpha value is -2.18. The summed E-state index contributed by atoms with van der Waals surface area (Å²) in [5.41, 5.74) is 5.47. The molecule has 0 radical (unpaired) electrons. The molecule has 0 aliphatic heterocycles. The van der Waals surface area contributed by atoms with Crippen molar-refractivity contribution in [3.63, 3.8) is 0 Å². The third-order valence-electron chi connectivity index (χ3n) is 1.53. The summed E-state index contributed by atoms with van der Waals surface area (Å²) in [6.45, 7) is 0. The van der Waals surface area contributed by atoms with E-state index in [4.69, 9.17) is 10.8 Å². The van der Waals surface area contributed by atoms with Gasteiger partial charge in [-0.3, -0.25) is 5.10 Å². The Balaban J connectivity index is 2.84. The van der Waals surface area contributed by atoms with Crippen molar-refractivity contribution >= 4 is 23.0 Å². The van der Waals surface area contributed by atoms with Gasteiger partial charge in [0.25, 0.3) is 0 Å². The lowest BCUT2D eigenvalue weighted by Gasteiger charge is -1.96. The lowest BCUT2D eigenvalue weighted by molar-refractivity contribution is 0.0693. The minimum absolute atomic E-state index is 0.0887. The molecule has 2 aromatic rings. The predicted molar refractivity (Wildman–Crippen MR) is 43.1 cm³/mol. The molecular formula is C6H5N5O2. The third-order valence-corrected chi connectivity index (χ3v) is 1.53. The predicted octanol–water partition coefficient (Wildman–Crippen LogP) is -0.367. The molecule has 2 rings (SSSR count). The Morgan fingerprint density at radius 1 is 1.54 bits per heavy atom. The first-order valence-corrected chi connectivity index (χ1v) is 3.38. The minimum Gasteiger partial charge on any atom is -0.476 e. The molecular weight excluding hydrogens is 174 g/mol. The number of carboxylic acids is 1. The highest BCUT2D eigenvalue weighted by molar-refractivity contribution is 5.99. The molecule has 2 heterocycles. The SMILES string of the molecule is Nc1nc(C(=O)O)c2cn[nH]c2n1. The molecule has 0 saturated heterocycles. The number of carboxylic acid groups (broad SMARTS) is 1. The van der Waals surface area contributed by atoms with Gasteiger partial charge in [0, 0.05) is 0 Å². The van der Waals surface area contributed by atoms with Crippen molar-refractivity contribution in [2.24, 2.45) is 0 Å². The zero-order valence-electron chi connectivity index (χ0n) is 6.35. The molecule has 0 aliphatic carbocycles. The largest absolute Gasteiger partial charge is 0.476 e. The molecule has 4 N–H and O–H groups in total. The van der Waals surface area contributed by atoms with Crippen LogP contribution in [0.1, 0.15) is 10.5 Å². The van der Waals surface area contributed by atoms with Crippen LogP contribution < -0.4 is 5.73 Å². The van der Waals surface area contributed by atoms with Crippen LogP contribution in [0.4, 0.5) is 5.95 Å². The van der Waals surface area contributed by atoms with Crippen LogP contribution in [-0.4, -0.2) is 31.2 Å². The molecule has 7 nitrogen and oxygen atoms in total. The number of anilines is 1. The fourth-order valence-corrected chi connectivity index (χ4v) is 1.02. The van der Waals surface area contributed by atoms with Crippen LogP contribution in [0.15, 0.2) is 6.20 Å². The Morgan fingerprint density at radius 3 is 3.00 bits per heavy atom. The van der Waals surface area contributed by atoms with Gasteiger partial charge in [-0.05, 0) is 0 Å². The van der Waals surface area contributed by atoms with E-state index in [1.54, 1.807) is 0 Å². The first kappa shape index (κ1) is 7.47. The van der Waals surface area contributed by atoms with E-state index in [9.17, 15) is 4.79 Å². The number of nitrogen functional groups attached to an aromatic ring is 1. The smallest absolute Gasteiger partial charge is 0.355 e. The van der Waals surface area contributed by atoms with Crippen molar-refractivity contribution < 1.29 is 9.90 Å². The van der Waals surface area contributed by atoms with E-state index >= 15 is 0 Å². The van der Waals surface area contributed by atoms with Crippen LogP contribution >= 0.6 is 0 Å². The highest BCUT2D eigenvalue weighted by Gasteiger charge is 2.13. The molecule has 0 amide bonds. The zero-order chi connectivity index (χ0) is 9.42. The number of aromatic carboxylic acids is 1. The monoisotopic (exact) mass is 179 g/mol. The van der Waals surface area contributed by atoms with Gasteiger partial charge in [-0.25, -0.2) is 9.78 Å². The van der Waals surface area contributed by atoms with Gasteiger partial charge in [-0.1, -0.05) is 0 Å². The van der Waals surface area contributed by atoms with Crippen molar-refractivity contribution in [2.45, 2.75) is 0 Å². The van der Waals surface area contributed by atoms with Crippen molar-refractivity contribution in [3.05, 3.63) is 11.9 Å². The van der Waals surface area contributed by atoms with Gasteiger partial charge in [0.05, 0.1) is 11.6 Å². The van der Waals surface area contributed by atoms with Gasteiger partial charge in [0.2, 0.25) is 5.95 Å². The third kappa shape index (κ3) is 1.06. The number of fused-ring (bicyclic) bond motifs is 1. The summed E-state index contributed by atoms with van der Waals surface area (Å²) < 4.78 is 0. The molecule has 13 heavy (non-hydrogen) atoms. The van der Waals surface area contributed by atoms with Crippen LogP contribution in [0.5, 0.6) is 0 Å². The highest BCUT2D eigenvalue weighted by atomic mass is 16.4. The number of nitrogens with zero attached hydrogens (tertiary/aromatic N) is 3. The molecule has 0 aliphatic rings. The van der Waals surface area contributed by atoms with Crippen LogP contribution in [0, 0.1) is 0 Å². The number of aromatic nitrogens is 4. The summed E-state index contributed by atoms with van der Waals surface area (Å²) in [4.78, 5) is 18.0. The molecule has 0 aromatic carbocycles. The first-order chi connectivity index (χ1) is 6.18. The first-order valence-electron chi connectivity index (χ1n) is 3.38. The van der Waals surface area contributed by atoms with Gasteiger partial charge in [0.1, 0.15) is 0 Å². The average Bonchev–Trinajstić information content (AvgIpc) is 2.49. The normalized spacial score (nSPS) is 10.5. The molecule has 0 bridgehead atoms. The number of H-pyrrole nitrogens is 1. The second-order valence-electron chi connectivity index (χ2n) is 2.37. The molecule has 0 atom stereocenters. The van der Waals surface area contributed by atoms with E-state index in [-0.39, 0.29) is 11.6 Å². The Bertz CT molecular complexity index is 477. The fraction of sp³-hybridized carbons (Fsp3) is 0. The maximum Gasteiger partial charge on any atom is 0.355 e. The quantitative estimate of drug-likeness (QED) is 0.549. The Morgan fingerprint density at radius 2 is 2.31 bits per heavy atom. The number of carbonyl (C=O) groups is 1. The number of aromatic amines is 1. The zero-order valence-corrected chi connectivity index (χ0v) is 6.35. The molecule has 0 saturated carbocycles. The van der Waals surface area contributed by atoms with E-state index in [1.165, 1.54) is 6.20 Å². The van der Waals surface area contributed by atoms with E-state index in [1.807, 2.05) is 0 Å². The lowest BCUT2D eigenvalue weighted by Crippen LogP contribution is -2.05. The number of hydrogen-bond acceptors (Lipinski definition) is 5. The summed E-state index contributed by atoms with van der Waals surface area (Å²) in [6.07, 6.45) is 1.35. The topological polar surface area (TPSA) is 118 Å². The van der Waals surface area contributed by atoms with E-state index in [0.717, 1.165) is 0 Å². The van der Waals surface area contributed by atoms with Crippen molar-refractivity contribution in [2.75, 3.05) is 5.73 Å². The van der Waals surface area contributed by atoms with Gasteiger partial charge in [-0.2, -0.15) is 10.1 Å². The summed E-state index contributed by atoms with van der Waals surface area (Å²) >= 11 is 0. The van der Waals surface area contributed by atoms with Gasteiger partial charge in [-0.15, -0.1) is 0 Å². The Kier molecular flexibility index (Phi) is 1.38. The van der Waals surface area contributed by atoms with E-state index < -0.39 is 5.97 Å². The van der Waals surface area contributed by atoms with Crippen LogP contribution in [0.3, 0.4) is 0 Å². The maximum absolute atomic E-state index is 10.7. The van der Waals surface area contributed by atoms with Gasteiger partial charge in [0.15, 0.2) is 11.3 Å². The standard InChI is InChI=1S/C6H5N5O2/c7-6-9-3(5(12)13)2-1-8-11-4(2)10-6/h1H,(H,12,13)(H3,7,8,9,10,11). The van der Waals surface area contributed by atoms with Crippen LogP contribution in [0.25, 0.3) is 11.0 Å². The molecule has 7 heteroatoms. The lowest BCUT2D eigenvalue weighted by atomic mass is 10.3. The summed E-state index contributed by atoms with van der Waals surface area (Å²) in [6, 6.07) is 0. The van der Waals surface area contributed by atoms with E-state index in [2.05, 4.69) is 20.2 Å². The summed E-state index contributed by atoms with van der Waals surface area (Å²) in [7, 11) is 0. The van der Waals surface area contributed by atoms with Crippen LogP contribution in [0.2, 0.25) is 0 Å². The second kappa shape index (κ2) is 2.41. The van der Waals surface area contributed by atoms with Gasteiger partial charge >= 0.3 is 5.97 Å². The average molecular weight is 179 g/mol. The van der Waals surface area contributed by atoms with Crippen molar-refractivity contribution in [1.82, 2.24) is 20.2 Å². The van der Waals surface area contributed by atoms with Gasteiger partial charge < -0.3 is 10.8 Å². The molecule has 2 aromatic heterocycles. The molecule has 0 spiro atoms. The molecule has 0 unspecified atom stereocenters. The fourth-order valence-electron chi connectivity index (χ4n) is 1.02. The van der Waals surface area contributed by atoms with Crippen LogP contribution in [-0.2, 0) is 0 Å².